The molecule has 8 nitrogen and oxygen atoms in total. The summed E-state index contributed by atoms with van der Waals surface area (Å²) in [5.41, 5.74) is 2.79. The van der Waals surface area contributed by atoms with Crippen LogP contribution in [0.4, 0.5) is 0 Å². The molecule has 0 atom stereocenters. The molecule has 0 saturated heterocycles. The van der Waals surface area contributed by atoms with Crippen molar-refractivity contribution in [1.82, 2.24) is 19.5 Å². The fourth-order valence-corrected chi connectivity index (χ4v) is 3.30. The third-order valence-corrected chi connectivity index (χ3v) is 4.83. The molecular weight excluding hydrogens is 396 g/mol. The average molecular weight is 416 g/mol. The second kappa shape index (κ2) is 8.45. The van der Waals surface area contributed by atoms with Crippen molar-refractivity contribution in [2.45, 2.75) is 13.0 Å². The summed E-state index contributed by atoms with van der Waals surface area (Å²) in [5, 5.41) is 0. The Morgan fingerprint density at radius 3 is 2.74 bits per heavy atom. The van der Waals surface area contributed by atoms with Gasteiger partial charge in [-0.2, -0.15) is 4.98 Å². The van der Waals surface area contributed by atoms with Gasteiger partial charge in [0.2, 0.25) is 12.7 Å². The van der Waals surface area contributed by atoms with Crippen LogP contribution in [0.1, 0.15) is 17.0 Å². The number of hydrogen-bond donors (Lipinski definition) is 0. The van der Waals surface area contributed by atoms with E-state index < -0.39 is 0 Å². The second-order valence-electron chi connectivity index (χ2n) is 6.98. The van der Waals surface area contributed by atoms with E-state index in [9.17, 15) is 0 Å². The Kier molecular flexibility index (Phi) is 5.20. The lowest BCUT2D eigenvalue weighted by Crippen LogP contribution is -2.03. The molecule has 0 spiro atoms. The summed E-state index contributed by atoms with van der Waals surface area (Å²) in [6.45, 7) is 0.603. The molecule has 3 heterocycles. The SMILES string of the molecule is COCc1cnc(Cc2ccc3c(c2)OCO3)nc1Oc1ccc(-n2ccnc2)cc1. The lowest BCUT2D eigenvalue weighted by Gasteiger charge is -2.12. The van der Waals surface area contributed by atoms with E-state index in [1.54, 1.807) is 25.8 Å². The number of nitrogens with zero attached hydrogens (tertiary/aromatic N) is 4. The molecule has 0 amide bonds. The first kappa shape index (κ1) is 19.1. The minimum absolute atomic E-state index is 0.249. The normalized spacial score (nSPS) is 12.2. The highest BCUT2D eigenvalue weighted by Crippen LogP contribution is 2.33. The van der Waals surface area contributed by atoms with Crippen molar-refractivity contribution in [2.75, 3.05) is 13.9 Å². The van der Waals surface area contributed by atoms with Gasteiger partial charge in [0.1, 0.15) is 11.6 Å². The van der Waals surface area contributed by atoms with Gasteiger partial charge in [0.25, 0.3) is 0 Å². The van der Waals surface area contributed by atoms with Gasteiger partial charge in [0.15, 0.2) is 11.5 Å². The standard InChI is InChI=1S/C23H20N4O4/c1-28-13-17-12-25-22(11-16-2-7-20-21(10-16)30-15-29-20)26-23(17)31-19-5-3-18(4-6-19)27-9-8-24-14-27/h2-10,12,14H,11,13,15H2,1H3. The first-order valence-electron chi connectivity index (χ1n) is 9.77. The molecule has 31 heavy (non-hydrogen) atoms. The second-order valence-corrected chi connectivity index (χ2v) is 6.98. The van der Waals surface area contributed by atoms with Crippen LogP contribution in [0.2, 0.25) is 0 Å². The maximum absolute atomic E-state index is 6.09. The van der Waals surface area contributed by atoms with Crippen LogP contribution < -0.4 is 14.2 Å². The van der Waals surface area contributed by atoms with Crippen molar-refractivity contribution in [1.29, 1.82) is 0 Å². The van der Waals surface area contributed by atoms with E-state index in [2.05, 4.69) is 15.0 Å². The molecule has 0 N–H and O–H groups in total. The highest BCUT2D eigenvalue weighted by molar-refractivity contribution is 5.45. The molecule has 8 heteroatoms. The molecule has 0 radical (unpaired) electrons. The maximum atomic E-state index is 6.09. The van der Waals surface area contributed by atoms with Gasteiger partial charge in [-0.3, -0.25) is 0 Å². The van der Waals surface area contributed by atoms with Crippen molar-refractivity contribution in [3.05, 3.63) is 84.3 Å². The van der Waals surface area contributed by atoms with Crippen LogP contribution in [0.5, 0.6) is 23.1 Å². The van der Waals surface area contributed by atoms with Gasteiger partial charge >= 0.3 is 0 Å². The van der Waals surface area contributed by atoms with E-state index in [0.29, 0.717) is 30.5 Å². The van der Waals surface area contributed by atoms with Crippen molar-refractivity contribution in [2.24, 2.45) is 0 Å². The van der Waals surface area contributed by atoms with Crippen LogP contribution in [0.25, 0.3) is 5.69 Å². The lowest BCUT2D eigenvalue weighted by molar-refractivity contribution is 0.174. The Morgan fingerprint density at radius 1 is 1.06 bits per heavy atom. The number of fused-ring (bicyclic) bond motifs is 1. The van der Waals surface area contributed by atoms with E-state index in [1.165, 1.54) is 0 Å². The van der Waals surface area contributed by atoms with Crippen LogP contribution in [0, 0.1) is 0 Å². The molecule has 0 unspecified atom stereocenters. The number of rotatable bonds is 7. The largest absolute Gasteiger partial charge is 0.454 e. The third-order valence-electron chi connectivity index (χ3n) is 4.83. The zero-order valence-corrected chi connectivity index (χ0v) is 16.9. The molecule has 4 aromatic rings. The summed E-state index contributed by atoms with van der Waals surface area (Å²) in [6.07, 6.45) is 7.66. The lowest BCUT2D eigenvalue weighted by atomic mass is 10.1. The fourth-order valence-electron chi connectivity index (χ4n) is 3.30. The van der Waals surface area contributed by atoms with Crippen molar-refractivity contribution in [3.63, 3.8) is 0 Å². The van der Waals surface area contributed by atoms with E-state index >= 15 is 0 Å². The predicted octanol–water partition coefficient (Wildman–Crippen LogP) is 3.92. The number of methoxy groups -OCH3 is 1. The Balaban J connectivity index is 1.37. The summed E-state index contributed by atoms with van der Waals surface area (Å²) in [4.78, 5) is 13.2. The van der Waals surface area contributed by atoms with Gasteiger partial charge in [-0.05, 0) is 42.0 Å². The van der Waals surface area contributed by atoms with Gasteiger partial charge in [-0.25, -0.2) is 9.97 Å². The van der Waals surface area contributed by atoms with Crippen LogP contribution >= 0.6 is 0 Å². The average Bonchev–Trinajstić information content (AvgIpc) is 3.48. The topological polar surface area (TPSA) is 80.5 Å². The first-order chi connectivity index (χ1) is 15.3. The number of aromatic nitrogens is 4. The zero-order valence-electron chi connectivity index (χ0n) is 16.9. The number of benzene rings is 2. The fraction of sp³-hybridized carbons (Fsp3) is 0.174. The summed E-state index contributed by atoms with van der Waals surface area (Å²) < 4.78 is 24.1. The van der Waals surface area contributed by atoms with Crippen LogP contribution in [0.3, 0.4) is 0 Å². The van der Waals surface area contributed by atoms with Gasteiger partial charge < -0.3 is 23.5 Å². The number of ether oxygens (including phenoxy) is 4. The molecule has 1 aliphatic heterocycles. The first-order valence-corrected chi connectivity index (χ1v) is 9.77. The maximum Gasteiger partial charge on any atom is 0.231 e. The van der Waals surface area contributed by atoms with E-state index in [1.807, 2.05) is 53.2 Å². The predicted molar refractivity (Wildman–Crippen MR) is 112 cm³/mol. The Bertz CT molecular complexity index is 1180. The molecule has 1 aliphatic rings. The summed E-state index contributed by atoms with van der Waals surface area (Å²) in [6, 6.07) is 13.5. The molecule has 0 saturated carbocycles. The van der Waals surface area contributed by atoms with E-state index in [-0.39, 0.29) is 6.79 Å². The summed E-state index contributed by atoms with van der Waals surface area (Å²) in [5.74, 6) is 3.28. The van der Waals surface area contributed by atoms with Crippen LogP contribution in [-0.4, -0.2) is 33.4 Å². The number of hydrogen-bond acceptors (Lipinski definition) is 7. The molecule has 0 fully saturated rings. The summed E-state index contributed by atoms with van der Waals surface area (Å²) in [7, 11) is 1.63. The van der Waals surface area contributed by atoms with Gasteiger partial charge in [-0.1, -0.05) is 6.07 Å². The van der Waals surface area contributed by atoms with Gasteiger partial charge in [0.05, 0.1) is 18.5 Å². The summed E-state index contributed by atoms with van der Waals surface area (Å²) >= 11 is 0. The van der Waals surface area contributed by atoms with Crippen molar-refractivity contribution in [3.8, 4) is 28.8 Å². The third kappa shape index (κ3) is 4.19. The van der Waals surface area contributed by atoms with Crippen LogP contribution in [-0.2, 0) is 17.8 Å². The molecule has 2 aromatic heterocycles. The number of imidazole rings is 1. The van der Waals surface area contributed by atoms with Crippen LogP contribution in [0.15, 0.2) is 67.4 Å². The minimum Gasteiger partial charge on any atom is -0.454 e. The quantitative estimate of drug-likeness (QED) is 0.452. The van der Waals surface area contributed by atoms with E-state index in [0.717, 1.165) is 28.3 Å². The highest BCUT2D eigenvalue weighted by atomic mass is 16.7. The molecule has 2 aromatic carbocycles. The van der Waals surface area contributed by atoms with Gasteiger partial charge in [0, 0.05) is 37.8 Å². The Hall–Kier alpha value is -3.91. The van der Waals surface area contributed by atoms with Gasteiger partial charge in [-0.15, -0.1) is 0 Å². The van der Waals surface area contributed by atoms with Crippen molar-refractivity contribution >= 4 is 0 Å². The Morgan fingerprint density at radius 2 is 1.94 bits per heavy atom. The highest BCUT2D eigenvalue weighted by Gasteiger charge is 2.15. The molecule has 0 bridgehead atoms. The zero-order chi connectivity index (χ0) is 21.0. The van der Waals surface area contributed by atoms with E-state index in [4.69, 9.17) is 18.9 Å². The monoisotopic (exact) mass is 416 g/mol. The molecular formula is C23H20N4O4. The molecule has 156 valence electrons. The molecule has 0 aliphatic carbocycles. The minimum atomic E-state index is 0.249. The van der Waals surface area contributed by atoms with Crippen molar-refractivity contribution < 1.29 is 18.9 Å². The smallest absolute Gasteiger partial charge is 0.231 e. The Labute approximate surface area is 179 Å². The molecule has 5 rings (SSSR count).